The van der Waals surface area contributed by atoms with E-state index in [-0.39, 0.29) is 11.7 Å². The van der Waals surface area contributed by atoms with Gasteiger partial charge in [0.25, 0.3) is 5.91 Å². The molecule has 0 unspecified atom stereocenters. The molecule has 6 nitrogen and oxygen atoms in total. The monoisotopic (exact) mass is 422 g/mol. The maximum absolute atomic E-state index is 14.0. The number of nitrogens with zero attached hydrogens (tertiary/aromatic N) is 2. The van der Waals surface area contributed by atoms with Gasteiger partial charge in [0.15, 0.2) is 11.5 Å². The first-order valence-corrected chi connectivity index (χ1v) is 9.60. The van der Waals surface area contributed by atoms with E-state index in [1.165, 1.54) is 27.4 Å². The van der Waals surface area contributed by atoms with E-state index >= 15 is 0 Å². The summed E-state index contributed by atoms with van der Waals surface area (Å²) in [4.78, 5) is 16.8. The molecule has 0 spiro atoms. The number of benzene rings is 2. The van der Waals surface area contributed by atoms with Gasteiger partial charge in [-0.25, -0.2) is 4.39 Å². The summed E-state index contributed by atoms with van der Waals surface area (Å²) in [6.07, 6.45) is 0. The van der Waals surface area contributed by atoms with Gasteiger partial charge in [0.05, 0.1) is 21.3 Å². The molecule has 1 aliphatic rings. The molecule has 1 aliphatic heterocycles. The molecule has 0 atom stereocenters. The second kappa shape index (κ2) is 9.33. The first-order chi connectivity index (χ1) is 14.0. The summed E-state index contributed by atoms with van der Waals surface area (Å²) in [5, 5.41) is 0.418. The Balaban J connectivity index is 1.69. The van der Waals surface area contributed by atoms with Gasteiger partial charge in [0.1, 0.15) is 5.82 Å². The van der Waals surface area contributed by atoms with Crippen LogP contribution in [0.1, 0.15) is 15.9 Å². The second-order valence-electron chi connectivity index (χ2n) is 6.68. The quantitative estimate of drug-likeness (QED) is 0.713. The van der Waals surface area contributed by atoms with Crippen molar-refractivity contribution in [2.75, 3.05) is 47.5 Å². The highest BCUT2D eigenvalue weighted by atomic mass is 35.5. The van der Waals surface area contributed by atoms with Gasteiger partial charge in [-0.3, -0.25) is 9.69 Å². The van der Waals surface area contributed by atoms with Crippen LogP contribution in [0.5, 0.6) is 17.2 Å². The molecule has 156 valence electrons. The zero-order valence-electron chi connectivity index (χ0n) is 16.7. The van der Waals surface area contributed by atoms with Crippen LogP contribution in [-0.2, 0) is 6.54 Å². The molecule has 29 heavy (non-hydrogen) atoms. The molecule has 0 saturated carbocycles. The van der Waals surface area contributed by atoms with Gasteiger partial charge in [-0.15, -0.1) is 0 Å². The summed E-state index contributed by atoms with van der Waals surface area (Å²) >= 11 is 6.12. The fraction of sp³-hybridized carbons (Fsp3) is 0.381. The molecule has 1 heterocycles. The molecule has 3 rings (SSSR count). The smallest absolute Gasteiger partial charge is 0.254 e. The lowest BCUT2D eigenvalue weighted by molar-refractivity contribution is 0.0626. The number of ether oxygens (including phenoxy) is 3. The number of rotatable bonds is 6. The molecule has 2 aromatic carbocycles. The van der Waals surface area contributed by atoms with Gasteiger partial charge in [-0.05, 0) is 24.3 Å². The largest absolute Gasteiger partial charge is 0.493 e. The molecule has 0 aliphatic carbocycles. The number of methoxy groups -OCH3 is 3. The normalized spacial score (nSPS) is 14.6. The Bertz CT molecular complexity index is 840. The summed E-state index contributed by atoms with van der Waals surface area (Å²) in [7, 11) is 4.54. The van der Waals surface area contributed by atoms with Crippen molar-refractivity contribution in [1.29, 1.82) is 0 Å². The van der Waals surface area contributed by atoms with Crippen LogP contribution in [0, 0.1) is 5.82 Å². The van der Waals surface area contributed by atoms with Crippen LogP contribution in [0.25, 0.3) is 0 Å². The Morgan fingerprint density at radius 2 is 1.66 bits per heavy atom. The number of piperazine rings is 1. The molecule has 0 radical (unpaired) electrons. The minimum Gasteiger partial charge on any atom is -0.493 e. The standard InChI is InChI=1S/C21H24ClFN2O4/c1-27-18-11-14(12-19(28-2)20(18)29-3)21(26)25-9-7-24(8-10-25)13-15-16(22)5-4-6-17(15)23/h4-6,11-12H,7-10,13H2,1-3H3. The van der Waals surface area contributed by atoms with Crippen molar-refractivity contribution in [2.24, 2.45) is 0 Å². The molecule has 1 amide bonds. The first-order valence-electron chi connectivity index (χ1n) is 9.23. The van der Waals surface area contributed by atoms with E-state index in [1.54, 1.807) is 29.2 Å². The highest BCUT2D eigenvalue weighted by Crippen LogP contribution is 2.38. The third kappa shape index (κ3) is 4.57. The Labute approximate surface area is 174 Å². The molecule has 1 saturated heterocycles. The summed E-state index contributed by atoms with van der Waals surface area (Å²) < 4.78 is 30.0. The van der Waals surface area contributed by atoms with Crippen LogP contribution < -0.4 is 14.2 Å². The molecular formula is C21H24ClFN2O4. The summed E-state index contributed by atoms with van der Waals surface area (Å²) in [6, 6.07) is 7.98. The maximum atomic E-state index is 14.0. The predicted octanol–water partition coefficient (Wildman–Crippen LogP) is 3.46. The predicted molar refractivity (Wildman–Crippen MR) is 109 cm³/mol. The van der Waals surface area contributed by atoms with E-state index in [0.717, 1.165) is 0 Å². The molecule has 2 aromatic rings. The lowest BCUT2D eigenvalue weighted by Crippen LogP contribution is -2.48. The Hall–Kier alpha value is -2.51. The average Bonchev–Trinajstić information content (AvgIpc) is 2.75. The van der Waals surface area contributed by atoms with Gasteiger partial charge >= 0.3 is 0 Å². The minimum absolute atomic E-state index is 0.118. The van der Waals surface area contributed by atoms with E-state index < -0.39 is 0 Å². The lowest BCUT2D eigenvalue weighted by Gasteiger charge is -2.35. The van der Waals surface area contributed by atoms with Crippen molar-refractivity contribution < 1.29 is 23.4 Å². The SMILES string of the molecule is COc1cc(C(=O)N2CCN(Cc3c(F)cccc3Cl)CC2)cc(OC)c1OC. The summed E-state index contributed by atoms with van der Waals surface area (Å²) in [6.45, 7) is 2.72. The Morgan fingerprint density at radius 3 is 2.17 bits per heavy atom. The van der Waals surface area contributed by atoms with Gasteiger partial charge < -0.3 is 19.1 Å². The van der Waals surface area contributed by atoms with Crippen LogP contribution in [0.3, 0.4) is 0 Å². The lowest BCUT2D eigenvalue weighted by atomic mass is 10.1. The average molecular weight is 423 g/mol. The zero-order chi connectivity index (χ0) is 21.0. The van der Waals surface area contributed by atoms with Crippen LogP contribution in [-0.4, -0.2) is 63.2 Å². The van der Waals surface area contributed by atoms with E-state index in [9.17, 15) is 9.18 Å². The highest BCUT2D eigenvalue weighted by Gasteiger charge is 2.25. The third-order valence-electron chi connectivity index (χ3n) is 5.01. The number of amides is 1. The van der Waals surface area contributed by atoms with Crippen molar-refractivity contribution in [2.45, 2.75) is 6.54 Å². The number of carbonyl (C=O) groups excluding carboxylic acids is 1. The third-order valence-corrected chi connectivity index (χ3v) is 5.37. The van der Waals surface area contributed by atoms with Crippen molar-refractivity contribution in [3.8, 4) is 17.2 Å². The number of carbonyl (C=O) groups is 1. The number of hydrogen-bond acceptors (Lipinski definition) is 5. The molecule has 1 fully saturated rings. The van der Waals surface area contributed by atoms with Gasteiger partial charge in [0.2, 0.25) is 5.75 Å². The van der Waals surface area contributed by atoms with E-state index in [0.29, 0.717) is 66.1 Å². The first kappa shape index (κ1) is 21.2. The minimum atomic E-state index is -0.312. The van der Waals surface area contributed by atoms with Crippen molar-refractivity contribution in [3.05, 3.63) is 52.3 Å². The topological polar surface area (TPSA) is 51.2 Å². The molecular weight excluding hydrogens is 399 g/mol. The number of halogens is 2. The molecule has 0 bridgehead atoms. The van der Waals surface area contributed by atoms with E-state index in [1.807, 2.05) is 0 Å². The van der Waals surface area contributed by atoms with Crippen LogP contribution >= 0.6 is 11.6 Å². The molecule has 0 N–H and O–H groups in total. The van der Waals surface area contributed by atoms with Gasteiger partial charge in [-0.1, -0.05) is 17.7 Å². The van der Waals surface area contributed by atoms with Crippen LogP contribution in [0.4, 0.5) is 4.39 Å². The Kier molecular flexibility index (Phi) is 6.82. The summed E-state index contributed by atoms with van der Waals surface area (Å²) in [5.74, 6) is 0.880. The fourth-order valence-corrected chi connectivity index (χ4v) is 3.63. The molecule has 0 aromatic heterocycles. The number of hydrogen-bond donors (Lipinski definition) is 0. The van der Waals surface area contributed by atoms with Crippen molar-refractivity contribution in [3.63, 3.8) is 0 Å². The van der Waals surface area contributed by atoms with Crippen molar-refractivity contribution in [1.82, 2.24) is 9.80 Å². The Morgan fingerprint density at radius 1 is 1.03 bits per heavy atom. The van der Waals surface area contributed by atoms with Crippen LogP contribution in [0.2, 0.25) is 5.02 Å². The highest BCUT2D eigenvalue weighted by molar-refractivity contribution is 6.31. The maximum Gasteiger partial charge on any atom is 0.254 e. The molecule has 8 heteroatoms. The second-order valence-corrected chi connectivity index (χ2v) is 7.09. The zero-order valence-corrected chi connectivity index (χ0v) is 17.5. The summed E-state index contributed by atoms with van der Waals surface area (Å²) in [5.41, 5.74) is 0.948. The van der Waals surface area contributed by atoms with E-state index in [4.69, 9.17) is 25.8 Å². The van der Waals surface area contributed by atoms with Gasteiger partial charge in [-0.2, -0.15) is 0 Å². The van der Waals surface area contributed by atoms with Crippen molar-refractivity contribution >= 4 is 17.5 Å². The fourth-order valence-electron chi connectivity index (χ4n) is 3.40. The van der Waals surface area contributed by atoms with Gasteiger partial charge in [0, 0.05) is 48.9 Å². The van der Waals surface area contributed by atoms with Crippen LogP contribution in [0.15, 0.2) is 30.3 Å². The van der Waals surface area contributed by atoms with E-state index in [2.05, 4.69) is 4.90 Å².